The number of nitrogens with zero attached hydrogens (tertiary/aromatic N) is 2. The Morgan fingerprint density at radius 3 is 2.19 bits per heavy atom. The van der Waals surface area contributed by atoms with E-state index < -0.39 is 10.2 Å². The van der Waals surface area contributed by atoms with E-state index in [0.717, 1.165) is 44.1 Å². The van der Waals surface area contributed by atoms with Gasteiger partial charge >= 0.3 is 0 Å². The van der Waals surface area contributed by atoms with Crippen LogP contribution in [0.3, 0.4) is 0 Å². The topological polar surface area (TPSA) is 40.6 Å². The van der Waals surface area contributed by atoms with Gasteiger partial charge in [-0.05, 0) is 31.2 Å². The van der Waals surface area contributed by atoms with Crippen LogP contribution in [-0.4, -0.2) is 36.7 Å². The lowest BCUT2D eigenvalue weighted by Gasteiger charge is -2.30. The van der Waals surface area contributed by atoms with Gasteiger partial charge in [-0.1, -0.05) is 43.2 Å². The van der Waals surface area contributed by atoms with E-state index in [2.05, 4.69) is 0 Å². The van der Waals surface area contributed by atoms with Crippen LogP contribution in [0.4, 0.5) is 0 Å². The first-order valence-electron chi connectivity index (χ1n) is 8.01. The van der Waals surface area contributed by atoms with Crippen LogP contribution in [-0.2, 0) is 10.2 Å². The molecule has 1 aromatic rings. The van der Waals surface area contributed by atoms with Crippen molar-refractivity contribution in [2.24, 2.45) is 0 Å². The molecule has 4 nitrogen and oxygen atoms in total. The summed E-state index contributed by atoms with van der Waals surface area (Å²) >= 11 is 0. The zero-order valence-corrected chi connectivity index (χ0v) is 13.3. The van der Waals surface area contributed by atoms with Crippen LogP contribution >= 0.6 is 0 Å². The van der Waals surface area contributed by atoms with Gasteiger partial charge in [-0.25, -0.2) is 0 Å². The molecule has 1 atom stereocenters. The fourth-order valence-corrected chi connectivity index (χ4v) is 5.37. The first kappa shape index (κ1) is 15.0. The molecule has 3 rings (SSSR count). The second-order valence-corrected chi connectivity index (χ2v) is 7.88. The minimum absolute atomic E-state index is 0.0134. The van der Waals surface area contributed by atoms with Crippen molar-refractivity contribution in [2.45, 2.75) is 44.6 Å². The summed E-state index contributed by atoms with van der Waals surface area (Å²) in [5.41, 5.74) is 1.12. The standard InChI is InChI=1S/C16H24N2O2S/c19-21(20,17-12-6-1-2-7-13-17)18-14-8-11-16(18)15-9-4-3-5-10-15/h3-5,9-10,16H,1-2,6-8,11-14H2/t16-/m0/s1. The molecule has 5 heteroatoms. The number of hydrogen-bond donors (Lipinski definition) is 0. The van der Waals surface area contributed by atoms with Gasteiger partial charge in [-0.15, -0.1) is 0 Å². The molecule has 2 heterocycles. The molecule has 116 valence electrons. The molecule has 0 saturated carbocycles. The smallest absolute Gasteiger partial charge is 0.195 e. The highest BCUT2D eigenvalue weighted by Gasteiger charge is 2.38. The van der Waals surface area contributed by atoms with E-state index in [-0.39, 0.29) is 6.04 Å². The van der Waals surface area contributed by atoms with Crippen molar-refractivity contribution in [1.29, 1.82) is 0 Å². The lowest BCUT2D eigenvalue weighted by molar-refractivity contribution is 0.330. The van der Waals surface area contributed by atoms with E-state index in [1.165, 1.54) is 0 Å². The van der Waals surface area contributed by atoms with Gasteiger partial charge < -0.3 is 0 Å². The zero-order valence-electron chi connectivity index (χ0n) is 12.4. The highest BCUT2D eigenvalue weighted by Crippen LogP contribution is 2.35. The summed E-state index contributed by atoms with van der Waals surface area (Å²) in [6.45, 7) is 2.01. The second-order valence-electron chi connectivity index (χ2n) is 6.00. The van der Waals surface area contributed by atoms with Crippen molar-refractivity contribution in [3.63, 3.8) is 0 Å². The van der Waals surface area contributed by atoms with Crippen molar-refractivity contribution in [2.75, 3.05) is 19.6 Å². The van der Waals surface area contributed by atoms with Gasteiger partial charge in [0.2, 0.25) is 0 Å². The Labute approximate surface area is 127 Å². The molecule has 0 radical (unpaired) electrons. The molecular formula is C16H24N2O2S. The van der Waals surface area contributed by atoms with Crippen LogP contribution in [0, 0.1) is 0 Å². The second kappa shape index (κ2) is 6.46. The van der Waals surface area contributed by atoms with E-state index in [1.54, 1.807) is 8.61 Å². The Bertz CT molecular complexity index is 551. The number of benzene rings is 1. The van der Waals surface area contributed by atoms with E-state index in [0.29, 0.717) is 19.6 Å². The third-order valence-electron chi connectivity index (χ3n) is 4.58. The molecule has 0 amide bonds. The van der Waals surface area contributed by atoms with E-state index in [4.69, 9.17) is 0 Å². The lowest BCUT2D eigenvalue weighted by atomic mass is 10.1. The monoisotopic (exact) mass is 308 g/mol. The highest BCUT2D eigenvalue weighted by atomic mass is 32.2. The fraction of sp³-hybridized carbons (Fsp3) is 0.625. The molecule has 2 fully saturated rings. The molecule has 0 spiro atoms. The normalized spacial score (nSPS) is 25.8. The average Bonchev–Trinajstić information content (AvgIpc) is 2.84. The molecule has 21 heavy (non-hydrogen) atoms. The Morgan fingerprint density at radius 1 is 0.857 bits per heavy atom. The van der Waals surface area contributed by atoms with Crippen LogP contribution in [0.2, 0.25) is 0 Å². The van der Waals surface area contributed by atoms with Crippen molar-refractivity contribution in [1.82, 2.24) is 8.61 Å². The summed E-state index contributed by atoms with van der Waals surface area (Å²) in [6, 6.07) is 10.1. The molecular weight excluding hydrogens is 284 g/mol. The molecule has 1 aromatic carbocycles. The summed E-state index contributed by atoms with van der Waals surface area (Å²) in [7, 11) is -3.32. The molecule has 0 bridgehead atoms. The minimum atomic E-state index is -3.32. The van der Waals surface area contributed by atoms with Crippen LogP contribution in [0.5, 0.6) is 0 Å². The average molecular weight is 308 g/mol. The van der Waals surface area contributed by atoms with Crippen LogP contribution in [0.25, 0.3) is 0 Å². The molecule has 2 aliphatic rings. The van der Waals surface area contributed by atoms with Crippen LogP contribution in [0.1, 0.15) is 50.1 Å². The fourth-order valence-electron chi connectivity index (χ4n) is 3.45. The van der Waals surface area contributed by atoms with Crippen molar-refractivity contribution in [3.8, 4) is 0 Å². The van der Waals surface area contributed by atoms with Crippen molar-refractivity contribution in [3.05, 3.63) is 35.9 Å². The lowest BCUT2D eigenvalue weighted by Crippen LogP contribution is -2.43. The maximum Gasteiger partial charge on any atom is 0.282 e. The Morgan fingerprint density at radius 2 is 1.52 bits per heavy atom. The zero-order chi connectivity index (χ0) is 14.7. The summed E-state index contributed by atoms with van der Waals surface area (Å²) in [6.07, 6.45) is 6.15. The maximum atomic E-state index is 13.0. The van der Waals surface area contributed by atoms with Gasteiger partial charge in [0.15, 0.2) is 0 Å². The SMILES string of the molecule is O=S(=O)(N1CCCCCC1)N1CCC[C@H]1c1ccccc1. The minimum Gasteiger partial charge on any atom is -0.195 e. The summed E-state index contributed by atoms with van der Waals surface area (Å²) in [5.74, 6) is 0. The van der Waals surface area contributed by atoms with Gasteiger partial charge in [-0.2, -0.15) is 17.0 Å². The van der Waals surface area contributed by atoms with Gasteiger partial charge in [0.25, 0.3) is 10.2 Å². The Hall–Kier alpha value is -0.910. The van der Waals surface area contributed by atoms with Crippen LogP contribution < -0.4 is 0 Å². The quantitative estimate of drug-likeness (QED) is 0.861. The third-order valence-corrected chi connectivity index (χ3v) is 6.62. The highest BCUT2D eigenvalue weighted by molar-refractivity contribution is 7.86. The van der Waals surface area contributed by atoms with Crippen LogP contribution in [0.15, 0.2) is 30.3 Å². The van der Waals surface area contributed by atoms with Gasteiger partial charge in [0, 0.05) is 19.6 Å². The predicted octanol–water partition coefficient (Wildman–Crippen LogP) is 2.94. The summed E-state index contributed by atoms with van der Waals surface area (Å²) < 4.78 is 29.4. The van der Waals surface area contributed by atoms with E-state index in [1.807, 2.05) is 30.3 Å². The Balaban J connectivity index is 1.83. The number of rotatable bonds is 3. The summed E-state index contributed by atoms with van der Waals surface area (Å²) in [5, 5.41) is 0. The van der Waals surface area contributed by atoms with Gasteiger partial charge in [0.1, 0.15) is 0 Å². The number of hydrogen-bond acceptors (Lipinski definition) is 2. The Kier molecular flexibility index (Phi) is 4.62. The van der Waals surface area contributed by atoms with Gasteiger partial charge in [0.05, 0.1) is 6.04 Å². The van der Waals surface area contributed by atoms with Crippen molar-refractivity contribution < 1.29 is 8.42 Å². The van der Waals surface area contributed by atoms with E-state index in [9.17, 15) is 8.42 Å². The van der Waals surface area contributed by atoms with Gasteiger partial charge in [-0.3, -0.25) is 0 Å². The molecule has 0 aromatic heterocycles. The maximum absolute atomic E-state index is 13.0. The largest absolute Gasteiger partial charge is 0.282 e. The first-order valence-corrected chi connectivity index (χ1v) is 9.41. The third kappa shape index (κ3) is 3.15. The van der Waals surface area contributed by atoms with E-state index >= 15 is 0 Å². The predicted molar refractivity (Wildman–Crippen MR) is 84.1 cm³/mol. The first-order chi connectivity index (χ1) is 10.2. The summed E-state index contributed by atoms with van der Waals surface area (Å²) in [4.78, 5) is 0. The van der Waals surface area contributed by atoms with Crippen molar-refractivity contribution >= 4 is 10.2 Å². The molecule has 0 N–H and O–H groups in total. The molecule has 0 unspecified atom stereocenters. The molecule has 0 aliphatic carbocycles. The molecule has 2 saturated heterocycles. The molecule has 2 aliphatic heterocycles.